The van der Waals surface area contributed by atoms with E-state index in [1.807, 2.05) is 19.9 Å². The topological polar surface area (TPSA) is 38.7 Å². The van der Waals surface area contributed by atoms with Crippen LogP contribution in [0.3, 0.4) is 0 Å². The van der Waals surface area contributed by atoms with Gasteiger partial charge in [-0.3, -0.25) is 4.98 Å². The summed E-state index contributed by atoms with van der Waals surface area (Å²) in [5.41, 5.74) is 4.23. The van der Waals surface area contributed by atoms with Gasteiger partial charge in [-0.25, -0.2) is 9.97 Å². The van der Waals surface area contributed by atoms with Crippen molar-refractivity contribution in [2.45, 2.75) is 20.8 Å². The van der Waals surface area contributed by atoms with Crippen LogP contribution in [-0.2, 0) is 0 Å². The predicted molar refractivity (Wildman–Crippen MR) is 59.5 cm³/mol. The van der Waals surface area contributed by atoms with Crippen molar-refractivity contribution in [3.8, 4) is 11.4 Å². The molecular formula is C12H13N3. The molecule has 2 heterocycles. The summed E-state index contributed by atoms with van der Waals surface area (Å²) in [5, 5.41) is 0. The molecule has 2 aromatic rings. The molecule has 0 saturated carbocycles. The van der Waals surface area contributed by atoms with Crippen LogP contribution >= 0.6 is 0 Å². The van der Waals surface area contributed by atoms with Crippen molar-refractivity contribution in [3.63, 3.8) is 0 Å². The zero-order chi connectivity index (χ0) is 10.8. The molecule has 0 unspecified atom stereocenters. The number of aromatic nitrogens is 3. The number of nitrogens with zero attached hydrogens (tertiary/aromatic N) is 3. The second-order valence-electron chi connectivity index (χ2n) is 3.61. The molecule has 3 nitrogen and oxygen atoms in total. The van der Waals surface area contributed by atoms with Crippen molar-refractivity contribution in [2.75, 3.05) is 0 Å². The lowest BCUT2D eigenvalue weighted by molar-refractivity contribution is 1.08. The Morgan fingerprint density at radius 2 is 1.67 bits per heavy atom. The first-order chi connectivity index (χ1) is 7.18. The fourth-order valence-corrected chi connectivity index (χ4v) is 1.79. The number of rotatable bonds is 1. The zero-order valence-corrected chi connectivity index (χ0v) is 9.15. The third kappa shape index (κ3) is 1.86. The van der Waals surface area contributed by atoms with Gasteiger partial charge in [0.15, 0.2) is 5.82 Å². The van der Waals surface area contributed by atoms with Crippen LogP contribution < -0.4 is 0 Å². The molecular weight excluding hydrogens is 186 g/mol. The molecule has 0 aliphatic heterocycles. The van der Waals surface area contributed by atoms with Crippen LogP contribution in [0.4, 0.5) is 0 Å². The molecule has 0 aromatic carbocycles. The molecule has 0 fully saturated rings. The van der Waals surface area contributed by atoms with Gasteiger partial charge in [-0.15, -0.1) is 0 Å². The van der Waals surface area contributed by atoms with E-state index in [1.54, 1.807) is 12.4 Å². The SMILES string of the molecule is Cc1cc(C)c(-c2ncccn2)c(C)n1. The Kier molecular flexibility index (Phi) is 2.46. The molecule has 0 amide bonds. The highest BCUT2D eigenvalue weighted by atomic mass is 14.9. The van der Waals surface area contributed by atoms with Crippen molar-refractivity contribution in [1.82, 2.24) is 15.0 Å². The predicted octanol–water partition coefficient (Wildman–Crippen LogP) is 2.46. The Morgan fingerprint density at radius 1 is 1.00 bits per heavy atom. The lowest BCUT2D eigenvalue weighted by atomic mass is 10.1. The van der Waals surface area contributed by atoms with Gasteiger partial charge in [0.2, 0.25) is 0 Å². The van der Waals surface area contributed by atoms with Crippen molar-refractivity contribution in [3.05, 3.63) is 41.5 Å². The second-order valence-corrected chi connectivity index (χ2v) is 3.61. The molecule has 0 aliphatic carbocycles. The molecule has 0 atom stereocenters. The number of aryl methyl sites for hydroxylation is 3. The van der Waals surface area contributed by atoms with Crippen LogP contribution in [0.5, 0.6) is 0 Å². The Labute approximate surface area is 89.2 Å². The van der Waals surface area contributed by atoms with Crippen LogP contribution in [0.1, 0.15) is 17.0 Å². The highest BCUT2D eigenvalue weighted by Crippen LogP contribution is 2.22. The fourth-order valence-electron chi connectivity index (χ4n) is 1.79. The van der Waals surface area contributed by atoms with Gasteiger partial charge in [0, 0.05) is 29.3 Å². The molecule has 0 spiro atoms. The lowest BCUT2D eigenvalue weighted by Gasteiger charge is -2.08. The van der Waals surface area contributed by atoms with Crippen LogP contribution in [0.2, 0.25) is 0 Å². The monoisotopic (exact) mass is 199 g/mol. The van der Waals surface area contributed by atoms with Gasteiger partial charge in [0.05, 0.1) is 0 Å². The number of hydrogen-bond donors (Lipinski definition) is 0. The van der Waals surface area contributed by atoms with E-state index in [9.17, 15) is 0 Å². The Bertz CT molecular complexity index is 454. The first-order valence-electron chi connectivity index (χ1n) is 4.90. The summed E-state index contributed by atoms with van der Waals surface area (Å²) in [6.45, 7) is 6.05. The summed E-state index contributed by atoms with van der Waals surface area (Å²) in [6.07, 6.45) is 3.50. The van der Waals surface area contributed by atoms with Crippen LogP contribution in [0, 0.1) is 20.8 Å². The standard InChI is InChI=1S/C12H13N3/c1-8-7-9(2)15-10(3)11(8)12-13-5-4-6-14-12/h4-7H,1-3H3. The summed E-state index contributed by atoms with van der Waals surface area (Å²) in [7, 11) is 0. The first kappa shape index (κ1) is 9.77. The molecule has 0 bridgehead atoms. The van der Waals surface area contributed by atoms with Crippen molar-refractivity contribution in [1.29, 1.82) is 0 Å². The summed E-state index contributed by atoms with van der Waals surface area (Å²) in [4.78, 5) is 12.9. The van der Waals surface area contributed by atoms with Gasteiger partial charge in [0.1, 0.15) is 0 Å². The van der Waals surface area contributed by atoms with Crippen LogP contribution in [0.15, 0.2) is 24.5 Å². The summed E-state index contributed by atoms with van der Waals surface area (Å²) >= 11 is 0. The van der Waals surface area contributed by atoms with Crippen LogP contribution in [-0.4, -0.2) is 15.0 Å². The molecule has 0 saturated heterocycles. The Balaban J connectivity index is 2.64. The Hall–Kier alpha value is -1.77. The molecule has 2 rings (SSSR count). The normalized spacial score (nSPS) is 10.3. The van der Waals surface area contributed by atoms with Crippen molar-refractivity contribution >= 4 is 0 Å². The molecule has 15 heavy (non-hydrogen) atoms. The minimum absolute atomic E-state index is 0.750. The minimum atomic E-state index is 0.750. The third-order valence-electron chi connectivity index (χ3n) is 2.31. The van der Waals surface area contributed by atoms with E-state index in [0.717, 1.165) is 22.8 Å². The van der Waals surface area contributed by atoms with E-state index < -0.39 is 0 Å². The molecule has 76 valence electrons. The van der Waals surface area contributed by atoms with E-state index in [0.29, 0.717) is 0 Å². The Morgan fingerprint density at radius 3 is 2.27 bits per heavy atom. The zero-order valence-electron chi connectivity index (χ0n) is 9.15. The second kappa shape index (κ2) is 3.77. The van der Waals surface area contributed by atoms with Gasteiger partial charge >= 0.3 is 0 Å². The van der Waals surface area contributed by atoms with Crippen molar-refractivity contribution < 1.29 is 0 Å². The highest BCUT2D eigenvalue weighted by molar-refractivity contribution is 5.62. The van der Waals surface area contributed by atoms with E-state index in [4.69, 9.17) is 0 Å². The number of pyridine rings is 1. The molecule has 0 N–H and O–H groups in total. The fraction of sp³-hybridized carbons (Fsp3) is 0.250. The van der Waals surface area contributed by atoms with Gasteiger partial charge in [-0.1, -0.05) is 0 Å². The van der Waals surface area contributed by atoms with Gasteiger partial charge in [-0.05, 0) is 38.5 Å². The molecule has 2 aromatic heterocycles. The molecule has 3 heteroatoms. The average molecular weight is 199 g/mol. The van der Waals surface area contributed by atoms with E-state index in [1.165, 1.54) is 5.56 Å². The highest BCUT2D eigenvalue weighted by Gasteiger charge is 2.09. The summed E-state index contributed by atoms with van der Waals surface area (Å²) in [6, 6.07) is 3.87. The van der Waals surface area contributed by atoms with Gasteiger partial charge in [0.25, 0.3) is 0 Å². The smallest absolute Gasteiger partial charge is 0.161 e. The maximum absolute atomic E-state index is 4.43. The van der Waals surface area contributed by atoms with Crippen LogP contribution in [0.25, 0.3) is 11.4 Å². The maximum atomic E-state index is 4.43. The minimum Gasteiger partial charge on any atom is -0.258 e. The average Bonchev–Trinajstić information content (AvgIpc) is 2.17. The van der Waals surface area contributed by atoms with Gasteiger partial charge < -0.3 is 0 Å². The quantitative estimate of drug-likeness (QED) is 0.708. The summed E-state index contributed by atoms with van der Waals surface area (Å²) < 4.78 is 0. The third-order valence-corrected chi connectivity index (χ3v) is 2.31. The summed E-state index contributed by atoms with van der Waals surface area (Å²) in [5.74, 6) is 0.750. The molecule has 0 radical (unpaired) electrons. The molecule has 0 aliphatic rings. The largest absolute Gasteiger partial charge is 0.258 e. The van der Waals surface area contributed by atoms with E-state index in [2.05, 4.69) is 27.9 Å². The first-order valence-corrected chi connectivity index (χ1v) is 4.90. The number of hydrogen-bond acceptors (Lipinski definition) is 3. The van der Waals surface area contributed by atoms with E-state index in [-0.39, 0.29) is 0 Å². The lowest BCUT2D eigenvalue weighted by Crippen LogP contribution is -1.97. The maximum Gasteiger partial charge on any atom is 0.161 e. The van der Waals surface area contributed by atoms with E-state index >= 15 is 0 Å². The van der Waals surface area contributed by atoms with Crippen molar-refractivity contribution in [2.24, 2.45) is 0 Å². The van der Waals surface area contributed by atoms with Gasteiger partial charge in [-0.2, -0.15) is 0 Å².